The third-order valence-corrected chi connectivity index (χ3v) is 10.3. The molecule has 3 aromatic rings. The number of halogens is 4. The van der Waals surface area contributed by atoms with Crippen molar-refractivity contribution in [2.24, 2.45) is 0 Å². The standard InChI is InChI=1S/C32H31I4N3O9/c1-45-31(43)26(13-20-11-24(35)30(25(36)12-20)48-21-14-22(33)29(42)23(34)15-21)37-27(40)17-46-18-28(41)38-7-9-39(10-8-38)32(44)47-16-19-5-3-2-4-6-19/h2-6,11-12,14-15,26,42H,7-10,13,16-18H2,1H3,(H,37,40)/t26-/m0/s1. The molecule has 0 saturated carbocycles. The number of nitrogens with zero attached hydrogens (tertiary/aromatic N) is 2. The highest BCUT2D eigenvalue weighted by Gasteiger charge is 2.26. The lowest BCUT2D eigenvalue weighted by atomic mass is 10.1. The van der Waals surface area contributed by atoms with Crippen molar-refractivity contribution in [2.75, 3.05) is 46.5 Å². The van der Waals surface area contributed by atoms with Crippen molar-refractivity contribution in [1.29, 1.82) is 0 Å². The van der Waals surface area contributed by atoms with Gasteiger partial charge in [0, 0.05) is 32.6 Å². The minimum Gasteiger partial charge on any atom is -0.506 e. The number of carbonyl (C=O) groups excluding carboxylic acids is 4. The molecule has 3 aromatic carbocycles. The quantitative estimate of drug-likeness (QED) is 0.183. The molecule has 0 aromatic heterocycles. The fraction of sp³-hybridized carbons (Fsp3) is 0.312. The van der Waals surface area contributed by atoms with Gasteiger partial charge in [-0.15, -0.1) is 0 Å². The fourth-order valence-electron chi connectivity index (χ4n) is 4.63. The highest BCUT2D eigenvalue weighted by molar-refractivity contribution is 14.1. The summed E-state index contributed by atoms with van der Waals surface area (Å²) in [5, 5.41) is 12.7. The van der Waals surface area contributed by atoms with Crippen LogP contribution < -0.4 is 10.1 Å². The van der Waals surface area contributed by atoms with Gasteiger partial charge in [-0.05, 0) is 126 Å². The van der Waals surface area contributed by atoms with E-state index in [-0.39, 0.29) is 31.3 Å². The average molecular weight is 1110 g/mol. The highest BCUT2D eigenvalue weighted by atomic mass is 127. The Morgan fingerprint density at radius 3 is 2.04 bits per heavy atom. The molecule has 1 heterocycles. The largest absolute Gasteiger partial charge is 0.506 e. The molecule has 4 rings (SSSR count). The maximum atomic E-state index is 12.7. The third kappa shape index (κ3) is 11.2. The first-order valence-electron chi connectivity index (χ1n) is 14.5. The predicted octanol–water partition coefficient (Wildman–Crippen LogP) is 5.30. The lowest BCUT2D eigenvalue weighted by Crippen LogP contribution is -2.51. The summed E-state index contributed by atoms with van der Waals surface area (Å²) in [5.74, 6) is -0.121. The summed E-state index contributed by atoms with van der Waals surface area (Å²) in [6.07, 6.45) is -0.289. The zero-order valence-electron chi connectivity index (χ0n) is 25.5. The Labute approximate surface area is 332 Å². The molecule has 1 atom stereocenters. The molecule has 0 radical (unpaired) electrons. The van der Waals surface area contributed by atoms with Crippen LogP contribution in [0.3, 0.4) is 0 Å². The lowest BCUT2D eigenvalue weighted by molar-refractivity contribution is -0.146. The van der Waals surface area contributed by atoms with Crippen LogP contribution in [0.25, 0.3) is 0 Å². The molecule has 16 heteroatoms. The minimum absolute atomic E-state index is 0.149. The molecule has 256 valence electrons. The number of nitrogens with one attached hydrogen (secondary N) is 1. The van der Waals surface area contributed by atoms with Gasteiger partial charge in [0.15, 0.2) is 5.75 Å². The SMILES string of the molecule is COC(=O)[C@H](Cc1cc(I)c(Oc2cc(I)c(O)c(I)c2)c(I)c1)NC(=O)COCC(=O)N1CCN(C(=O)OCc2ccccc2)CC1. The molecule has 0 unspecified atom stereocenters. The molecule has 1 aliphatic rings. The number of aromatic hydroxyl groups is 1. The second-order valence-corrected chi connectivity index (χ2v) is 15.1. The maximum Gasteiger partial charge on any atom is 0.410 e. The number of amides is 3. The van der Waals surface area contributed by atoms with Crippen molar-refractivity contribution in [2.45, 2.75) is 19.1 Å². The van der Waals surface area contributed by atoms with Crippen molar-refractivity contribution in [3.05, 3.63) is 80.0 Å². The number of carbonyl (C=O) groups is 4. The predicted molar refractivity (Wildman–Crippen MR) is 209 cm³/mol. The molecule has 12 nitrogen and oxygen atoms in total. The summed E-state index contributed by atoms with van der Waals surface area (Å²) in [6, 6.07) is 15.6. The molecule has 0 spiro atoms. The van der Waals surface area contributed by atoms with Crippen LogP contribution in [0.1, 0.15) is 11.1 Å². The molecule has 1 saturated heterocycles. The second kappa shape index (κ2) is 18.7. The van der Waals surface area contributed by atoms with Gasteiger partial charge in [-0.1, -0.05) is 30.3 Å². The monoisotopic (exact) mass is 1110 g/mol. The highest BCUT2D eigenvalue weighted by Crippen LogP contribution is 2.37. The van der Waals surface area contributed by atoms with E-state index in [4.69, 9.17) is 18.9 Å². The van der Waals surface area contributed by atoms with Crippen LogP contribution in [0.15, 0.2) is 54.6 Å². The summed E-state index contributed by atoms with van der Waals surface area (Å²) < 4.78 is 24.7. The van der Waals surface area contributed by atoms with Crippen LogP contribution in [0.4, 0.5) is 4.79 Å². The van der Waals surface area contributed by atoms with Gasteiger partial charge in [-0.2, -0.15) is 0 Å². The van der Waals surface area contributed by atoms with E-state index >= 15 is 0 Å². The van der Waals surface area contributed by atoms with E-state index in [9.17, 15) is 24.3 Å². The number of esters is 1. The maximum absolute atomic E-state index is 12.7. The van der Waals surface area contributed by atoms with E-state index in [1.165, 1.54) is 7.11 Å². The summed E-state index contributed by atoms with van der Waals surface area (Å²) >= 11 is 8.37. The number of piperazine rings is 1. The van der Waals surface area contributed by atoms with Gasteiger partial charge in [0.05, 0.1) is 21.4 Å². The van der Waals surface area contributed by atoms with Crippen LogP contribution >= 0.6 is 90.4 Å². The molecule has 0 aliphatic carbocycles. The van der Waals surface area contributed by atoms with E-state index in [0.29, 0.717) is 44.8 Å². The first-order valence-corrected chi connectivity index (χ1v) is 18.8. The summed E-state index contributed by atoms with van der Waals surface area (Å²) in [7, 11) is 1.24. The first kappa shape index (κ1) is 38.6. The topological polar surface area (TPSA) is 144 Å². The van der Waals surface area contributed by atoms with Crippen LogP contribution in [0, 0.1) is 14.3 Å². The molecule has 1 aliphatic heterocycles. The Bertz CT molecular complexity index is 1590. The van der Waals surface area contributed by atoms with Crippen molar-refractivity contribution in [3.63, 3.8) is 0 Å². The van der Waals surface area contributed by atoms with E-state index < -0.39 is 30.6 Å². The van der Waals surface area contributed by atoms with Crippen LogP contribution in [0.5, 0.6) is 17.2 Å². The third-order valence-electron chi connectivity index (χ3n) is 7.08. The number of benzene rings is 3. The number of rotatable bonds is 12. The van der Waals surface area contributed by atoms with E-state index in [2.05, 4.69) is 50.5 Å². The van der Waals surface area contributed by atoms with Crippen molar-refractivity contribution in [3.8, 4) is 17.2 Å². The van der Waals surface area contributed by atoms with E-state index in [1.807, 2.05) is 87.6 Å². The van der Waals surface area contributed by atoms with Crippen molar-refractivity contribution < 1.29 is 43.2 Å². The van der Waals surface area contributed by atoms with Gasteiger partial charge in [-0.3, -0.25) is 9.59 Å². The van der Waals surface area contributed by atoms with Crippen LogP contribution in [0.2, 0.25) is 0 Å². The lowest BCUT2D eigenvalue weighted by Gasteiger charge is -2.34. The molecule has 48 heavy (non-hydrogen) atoms. The Kier molecular flexibility index (Phi) is 15.1. The molecular formula is C32H31I4N3O9. The number of ether oxygens (including phenoxy) is 4. The van der Waals surface area contributed by atoms with Crippen LogP contribution in [-0.4, -0.2) is 91.3 Å². The molecular weight excluding hydrogens is 1080 g/mol. The Balaban J connectivity index is 1.23. The zero-order valence-corrected chi connectivity index (χ0v) is 34.2. The van der Waals surface area contributed by atoms with Gasteiger partial charge in [0.2, 0.25) is 11.8 Å². The van der Waals surface area contributed by atoms with Gasteiger partial charge in [-0.25, -0.2) is 9.59 Å². The minimum atomic E-state index is -0.991. The summed E-state index contributed by atoms with van der Waals surface area (Å²) in [4.78, 5) is 53.5. The van der Waals surface area contributed by atoms with Gasteiger partial charge < -0.3 is 39.2 Å². The summed E-state index contributed by atoms with van der Waals surface area (Å²) in [5.41, 5.74) is 1.65. The number of hydrogen-bond donors (Lipinski definition) is 2. The molecule has 0 bridgehead atoms. The normalized spacial score (nSPS) is 13.4. The van der Waals surface area contributed by atoms with Gasteiger partial charge in [0.1, 0.15) is 37.4 Å². The molecule has 1 fully saturated rings. The summed E-state index contributed by atoms with van der Waals surface area (Å²) in [6.45, 7) is 0.681. The van der Waals surface area contributed by atoms with E-state index in [0.717, 1.165) is 18.3 Å². The number of phenols is 1. The number of hydrogen-bond acceptors (Lipinski definition) is 9. The van der Waals surface area contributed by atoms with Crippen LogP contribution in [-0.2, 0) is 41.6 Å². The zero-order chi connectivity index (χ0) is 34.8. The molecule has 3 amide bonds. The second-order valence-electron chi connectivity index (χ2n) is 10.5. The number of phenolic OH excluding ortho intramolecular Hbond substituents is 1. The Morgan fingerprint density at radius 1 is 0.833 bits per heavy atom. The average Bonchev–Trinajstić information content (AvgIpc) is 3.07. The Hall–Kier alpha value is -2.18. The van der Waals surface area contributed by atoms with Gasteiger partial charge >= 0.3 is 12.1 Å². The first-order chi connectivity index (χ1) is 22.9. The Morgan fingerprint density at radius 2 is 1.44 bits per heavy atom. The molecule has 2 N–H and O–H groups in total. The fourth-order valence-corrected chi connectivity index (χ4v) is 8.45. The van der Waals surface area contributed by atoms with E-state index in [1.54, 1.807) is 21.9 Å². The van der Waals surface area contributed by atoms with Gasteiger partial charge in [0.25, 0.3) is 0 Å². The number of methoxy groups -OCH3 is 1. The smallest absolute Gasteiger partial charge is 0.410 e. The van der Waals surface area contributed by atoms with Crippen molar-refractivity contribution >= 4 is 114 Å². The van der Waals surface area contributed by atoms with Crippen molar-refractivity contribution in [1.82, 2.24) is 15.1 Å².